The first-order chi connectivity index (χ1) is 14.7. The quantitative estimate of drug-likeness (QED) is 0.576. The van der Waals surface area contributed by atoms with Crippen LogP contribution in [0.15, 0.2) is 71.6 Å². The molecule has 0 aliphatic carbocycles. The van der Waals surface area contributed by atoms with E-state index in [0.717, 1.165) is 16.9 Å². The van der Waals surface area contributed by atoms with E-state index in [0.29, 0.717) is 23.5 Å². The van der Waals surface area contributed by atoms with Gasteiger partial charge in [0.2, 0.25) is 0 Å². The van der Waals surface area contributed by atoms with Crippen molar-refractivity contribution in [3.63, 3.8) is 0 Å². The molecule has 0 saturated heterocycles. The van der Waals surface area contributed by atoms with Crippen molar-refractivity contribution in [2.45, 2.75) is 25.7 Å². The Kier molecular flexibility index (Phi) is 6.65. The molecule has 3 aromatic rings. The fourth-order valence-corrected chi connectivity index (χ4v) is 4.34. The van der Waals surface area contributed by atoms with Gasteiger partial charge in [0.05, 0.1) is 17.2 Å². The Bertz CT molecular complexity index is 1170. The Balaban J connectivity index is 1.85. The Morgan fingerprint density at radius 2 is 1.61 bits per heavy atom. The predicted molar refractivity (Wildman–Crippen MR) is 124 cm³/mol. The number of aryl methyl sites for hydroxylation is 2. The van der Waals surface area contributed by atoms with Crippen molar-refractivity contribution < 1.29 is 17.9 Å². The van der Waals surface area contributed by atoms with Crippen molar-refractivity contribution in [2.75, 3.05) is 23.3 Å². The van der Waals surface area contributed by atoms with E-state index >= 15 is 0 Å². The third-order valence-electron chi connectivity index (χ3n) is 4.91. The van der Waals surface area contributed by atoms with Crippen LogP contribution in [0.2, 0.25) is 0 Å². The minimum atomic E-state index is -3.76. The lowest BCUT2D eigenvalue weighted by Gasteiger charge is -2.22. The normalized spacial score (nSPS) is 11.1. The molecule has 0 radical (unpaired) electrons. The summed E-state index contributed by atoms with van der Waals surface area (Å²) >= 11 is 0. The molecule has 0 aliphatic heterocycles. The average Bonchev–Trinajstić information content (AvgIpc) is 2.75. The molecule has 1 amide bonds. The lowest BCUT2D eigenvalue weighted by atomic mass is 10.1. The second-order valence-electron chi connectivity index (χ2n) is 7.20. The summed E-state index contributed by atoms with van der Waals surface area (Å²) in [5, 5.41) is 2.83. The second kappa shape index (κ2) is 9.22. The zero-order valence-corrected chi connectivity index (χ0v) is 18.9. The van der Waals surface area contributed by atoms with Gasteiger partial charge in [-0.15, -0.1) is 0 Å². The number of anilines is 2. The molecule has 0 fully saturated rings. The molecule has 0 atom stereocenters. The van der Waals surface area contributed by atoms with Crippen LogP contribution in [0, 0.1) is 13.8 Å². The zero-order valence-electron chi connectivity index (χ0n) is 18.0. The molecule has 1 N–H and O–H groups in total. The van der Waals surface area contributed by atoms with Crippen molar-refractivity contribution in [3.8, 4) is 5.75 Å². The maximum atomic E-state index is 13.1. The lowest BCUT2D eigenvalue weighted by molar-refractivity contribution is 0.102. The summed E-state index contributed by atoms with van der Waals surface area (Å²) in [6, 6.07) is 18.8. The average molecular weight is 439 g/mol. The Morgan fingerprint density at radius 1 is 0.968 bits per heavy atom. The van der Waals surface area contributed by atoms with E-state index in [1.54, 1.807) is 66.7 Å². The van der Waals surface area contributed by atoms with Gasteiger partial charge in [0, 0.05) is 18.3 Å². The van der Waals surface area contributed by atoms with E-state index in [9.17, 15) is 13.2 Å². The summed E-state index contributed by atoms with van der Waals surface area (Å²) in [6.45, 7) is 6.18. The molecule has 0 unspecified atom stereocenters. The van der Waals surface area contributed by atoms with Gasteiger partial charge in [-0.3, -0.25) is 9.10 Å². The van der Waals surface area contributed by atoms with Gasteiger partial charge in [-0.25, -0.2) is 8.42 Å². The van der Waals surface area contributed by atoms with Gasteiger partial charge in [-0.1, -0.05) is 23.8 Å². The first kappa shape index (κ1) is 22.4. The number of rotatable bonds is 7. The van der Waals surface area contributed by atoms with Crippen LogP contribution >= 0.6 is 0 Å². The zero-order chi connectivity index (χ0) is 22.6. The minimum absolute atomic E-state index is 0.198. The highest BCUT2D eigenvalue weighted by atomic mass is 32.2. The van der Waals surface area contributed by atoms with Crippen molar-refractivity contribution in [1.29, 1.82) is 0 Å². The number of ether oxygens (including phenoxy) is 1. The lowest BCUT2D eigenvalue weighted by Crippen LogP contribution is -2.27. The van der Waals surface area contributed by atoms with Crippen LogP contribution in [-0.4, -0.2) is 28.0 Å². The van der Waals surface area contributed by atoms with Crippen LogP contribution in [0.4, 0.5) is 11.4 Å². The van der Waals surface area contributed by atoms with E-state index in [2.05, 4.69) is 5.32 Å². The van der Waals surface area contributed by atoms with E-state index in [4.69, 9.17) is 4.74 Å². The summed E-state index contributed by atoms with van der Waals surface area (Å²) in [6.07, 6.45) is 0. The monoisotopic (exact) mass is 438 g/mol. The van der Waals surface area contributed by atoms with Crippen molar-refractivity contribution in [2.24, 2.45) is 0 Å². The standard InChI is InChI=1S/C24H26N2O4S/c1-5-30-21-12-10-20(11-13-21)25-24(27)19-9-8-18(3)23(16-19)26(4)31(28,29)22-14-6-17(2)7-15-22/h6-16H,5H2,1-4H3,(H,25,27). The second-order valence-corrected chi connectivity index (χ2v) is 9.17. The van der Waals surface area contributed by atoms with Crippen LogP contribution in [0.5, 0.6) is 5.75 Å². The highest BCUT2D eigenvalue weighted by Gasteiger charge is 2.23. The van der Waals surface area contributed by atoms with Gasteiger partial charge in [0.1, 0.15) is 5.75 Å². The molecule has 0 spiro atoms. The summed E-state index contributed by atoms with van der Waals surface area (Å²) in [5.74, 6) is 0.396. The molecule has 0 heterocycles. The molecular weight excluding hydrogens is 412 g/mol. The van der Waals surface area contributed by atoms with E-state index in [1.807, 2.05) is 20.8 Å². The molecule has 31 heavy (non-hydrogen) atoms. The van der Waals surface area contributed by atoms with Gasteiger partial charge >= 0.3 is 0 Å². The first-order valence-corrected chi connectivity index (χ1v) is 11.4. The molecule has 0 bridgehead atoms. The number of nitrogens with zero attached hydrogens (tertiary/aromatic N) is 1. The topological polar surface area (TPSA) is 75.7 Å². The fourth-order valence-electron chi connectivity index (χ4n) is 3.09. The number of hydrogen-bond acceptors (Lipinski definition) is 4. The van der Waals surface area contributed by atoms with E-state index in [-0.39, 0.29) is 10.8 Å². The molecule has 3 aromatic carbocycles. The third-order valence-corrected chi connectivity index (χ3v) is 6.70. The van der Waals surface area contributed by atoms with Crippen molar-refractivity contribution in [3.05, 3.63) is 83.4 Å². The van der Waals surface area contributed by atoms with Gasteiger partial charge in [0.25, 0.3) is 15.9 Å². The maximum Gasteiger partial charge on any atom is 0.264 e. The highest BCUT2D eigenvalue weighted by Crippen LogP contribution is 2.27. The maximum absolute atomic E-state index is 13.1. The summed E-state index contributed by atoms with van der Waals surface area (Å²) < 4.78 is 32.7. The number of nitrogens with one attached hydrogen (secondary N) is 1. The SMILES string of the molecule is CCOc1ccc(NC(=O)c2ccc(C)c(N(C)S(=O)(=O)c3ccc(C)cc3)c2)cc1. The number of carbonyl (C=O) groups excluding carboxylic acids is 1. The van der Waals surface area contributed by atoms with Crippen LogP contribution in [0.1, 0.15) is 28.4 Å². The first-order valence-electron chi connectivity index (χ1n) is 9.93. The van der Waals surface area contributed by atoms with E-state index < -0.39 is 10.0 Å². The Morgan fingerprint density at radius 3 is 2.23 bits per heavy atom. The molecule has 7 heteroatoms. The van der Waals surface area contributed by atoms with Gasteiger partial charge in [-0.05, 0) is 74.9 Å². The molecule has 0 aliphatic rings. The Hall–Kier alpha value is -3.32. The molecule has 0 saturated carbocycles. The Labute approximate surface area is 183 Å². The van der Waals surface area contributed by atoms with Gasteiger partial charge in [0.15, 0.2) is 0 Å². The fraction of sp³-hybridized carbons (Fsp3) is 0.208. The molecular formula is C24H26N2O4S. The van der Waals surface area contributed by atoms with Crippen molar-refractivity contribution >= 4 is 27.3 Å². The number of benzene rings is 3. The van der Waals surface area contributed by atoms with Gasteiger partial charge in [-0.2, -0.15) is 0 Å². The number of carbonyl (C=O) groups is 1. The van der Waals surface area contributed by atoms with Crippen LogP contribution in [0.25, 0.3) is 0 Å². The third kappa shape index (κ3) is 5.06. The summed E-state index contributed by atoms with van der Waals surface area (Å²) in [4.78, 5) is 13.0. The van der Waals surface area contributed by atoms with Crippen LogP contribution in [0.3, 0.4) is 0 Å². The molecule has 3 rings (SSSR count). The largest absolute Gasteiger partial charge is 0.494 e. The molecule has 0 aromatic heterocycles. The summed E-state index contributed by atoms with van der Waals surface area (Å²) in [7, 11) is -2.26. The van der Waals surface area contributed by atoms with Gasteiger partial charge < -0.3 is 10.1 Å². The van der Waals surface area contributed by atoms with E-state index in [1.165, 1.54) is 11.4 Å². The summed E-state index contributed by atoms with van der Waals surface area (Å²) in [5.41, 5.74) is 3.15. The minimum Gasteiger partial charge on any atom is -0.494 e. The highest BCUT2D eigenvalue weighted by molar-refractivity contribution is 7.92. The van der Waals surface area contributed by atoms with Crippen LogP contribution < -0.4 is 14.4 Å². The predicted octanol–water partition coefficient (Wildman–Crippen LogP) is 4.78. The molecule has 6 nitrogen and oxygen atoms in total. The smallest absolute Gasteiger partial charge is 0.264 e. The van der Waals surface area contributed by atoms with Crippen molar-refractivity contribution in [1.82, 2.24) is 0 Å². The number of amides is 1. The number of hydrogen-bond donors (Lipinski definition) is 1. The number of sulfonamides is 1. The van der Waals surface area contributed by atoms with Crippen LogP contribution in [-0.2, 0) is 10.0 Å². The molecule has 162 valence electrons.